The minimum Gasteiger partial charge on any atom is -0.455 e. The van der Waals surface area contributed by atoms with Crippen molar-refractivity contribution >= 4 is 22.9 Å². The van der Waals surface area contributed by atoms with Crippen molar-refractivity contribution in [1.82, 2.24) is 4.90 Å². The van der Waals surface area contributed by atoms with E-state index in [-0.39, 0.29) is 6.04 Å². The first-order valence-corrected chi connectivity index (χ1v) is 8.91. The van der Waals surface area contributed by atoms with Gasteiger partial charge < -0.3 is 9.32 Å². The Morgan fingerprint density at radius 1 is 1.26 bits per heavy atom. The second-order valence-corrected chi connectivity index (χ2v) is 7.27. The summed E-state index contributed by atoms with van der Waals surface area (Å²) in [7, 11) is 2.15. The SMILES string of the molecule is CN1CC=C(/C=C/c2ccc(C3=NC4C=CC=CC4S3)o2)CC1. The smallest absolute Gasteiger partial charge is 0.159 e. The number of aliphatic imine (C=N–C) groups is 1. The van der Waals surface area contributed by atoms with Crippen LogP contribution >= 0.6 is 11.8 Å². The fourth-order valence-corrected chi connectivity index (χ4v) is 4.03. The third-order valence-corrected chi connectivity index (χ3v) is 5.56. The molecule has 3 aliphatic rings. The van der Waals surface area contributed by atoms with Crippen molar-refractivity contribution in [2.24, 2.45) is 4.99 Å². The molecule has 4 heteroatoms. The average molecular weight is 324 g/mol. The molecule has 0 radical (unpaired) electrons. The van der Waals surface area contributed by atoms with Crippen LogP contribution in [0.3, 0.4) is 0 Å². The van der Waals surface area contributed by atoms with E-state index in [1.165, 1.54) is 5.57 Å². The second kappa shape index (κ2) is 6.38. The summed E-state index contributed by atoms with van der Waals surface area (Å²) in [5, 5.41) is 1.43. The molecule has 23 heavy (non-hydrogen) atoms. The Hall–Kier alpha value is -1.78. The number of hydrogen-bond donors (Lipinski definition) is 0. The molecule has 0 fully saturated rings. The van der Waals surface area contributed by atoms with Crippen molar-refractivity contribution in [1.29, 1.82) is 0 Å². The fourth-order valence-electron chi connectivity index (χ4n) is 2.90. The van der Waals surface area contributed by atoms with E-state index < -0.39 is 0 Å². The topological polar surface area (TPSA) is 28.7 Å². The monoisotopic (exact) mass is 324 g/mol. The molecule has 0 amide bonds. The van der Waals surface area contributed by atoms with Crippen LogP contribution in [0.25, 0.3) is 6.08 Å². The molecule has 0 saturated heterocycles. The van der Waals surface area contributed by atoms with E-state index in [1.807, 2.05) is 12.1 Å². The van der Waals surface area contributed by atoms with Gasteiger partial charge in [-0.1, -0.05) is 48.2 Å². The highest BCUT2D eigenvalue weighted by molar-refractivity contribution is 8.15. The van der Waals surface area contributed by atoms with Crippen LogP contribution in [-0.4, -0.2) is 41.4 Å². The first kappa shape index (κ1) is 14.8. The van der Waals surface area contributed by atoms with Crippen molar-refractivity contribution in [3.63, 3.8) is 0 Å². The summed E-state index contributed by atoms with van der Waals surface area (Å²) >= 11 is 1.78. The number of allylic oxidation sites excluding steroid dienone is 3. The average Bonchev–Trinajstić information content (AvgIpc) is 3.21. The van der Waals surface area contributed by atoms with Crippen LogP contribution in [0, 0.1) is 0 Å². The third-order valence-electron chi connectivity index (χ3n) is 4.32. The highest BCUT2D eigenvalue weighted by atomic mass is 32.2. The molecular formula is C19H20N2OS. The van der Waals surface area contributed by atoms with Crippen molar-refractivity contribution < 1.29 is 4.42 Å². The minimum atomic E-state index is 0.258. The molecule has 0 N–H and O–H groups in total. The van der Waals surface area contributed by atoms with Crippen molar-refractivity contribution in [3.05, 3.63) is 65.7 Å². The lowest BCUT2D eigenvalue weighted by atomic mass is 10.1. The Labute approximate surface area is 141 Å². The predicted octanol–water partition coefficient (Wildman–Crippen LogP) is 3.91. The quantitative estimate of drug-likeness (QED) is 0.844. The standard InChI is InChI=1S/C19H20N2OS/c1-21-12-10-14(11-13-21)6-7-15-8-9-17(22-15)19-20-16-4-2-3-5-18(16)23-19/h2-10,16,18H,11-13H2,1H3/b7-6+. The van der Waals surface area contributed by atoms with Crippen LogP contribution < -0.4 is 0 Å². The van der Waals surface area contributed by atoms with Crippen LogP contribution in [0.4, 0.5) is 0 Å². The molecule has 2 aliphatic heterocycles. The van der Waals surface area contributed by atoms with Crippen LogP contribution in [0.5, 0.6) is 0 Å². The summed E-state index contributed by atoms with van der Waals surface area (Å²) < 4.78 is 5.96. The molecule has 0 saturated carbocycles. The fraction of sp³-hybridized carbons (Fsp3) is 0.316. The van der Waals surface area contributed by atoms with Crippen LogP contribution in [0.1, 0.15) is 17.9 Å². The predicted molar refractivity (Wildman–Crippen MR) is 97.9 cm³/mol. The molecule has 2 unspecified atom stereocenters. The Morgan fingerprint density at radius 3 is 3.00 bits per heavy atom. The minimum absolute atomic E-state index is 0.258. The molecule has 0 aromatic carbocycles. The molecule has 1 aromatic heterocycles. The number of nitrogens with zero attached hydrogens (tertiary/aromatic N) is 2. The van der Waals surface area contributed by atoms with Gasteiger partial charge in [-0.3, -0.25) is 4.99 Å². The molecule has 0 bridgehead atoms. The number of thioether (sulfide) groups is 1. The maximum atomic E-state index is 5.96. The molecule has 4 rings (SSSR count). The van der Waals surface area contributed by atoms with Gasteiger partial charge in [-0.05, 0) is 37.3 Å². The summed E-state index contributed by atoms with van der Waals surface area (Å²) in [6, 6.07) is 4.31. The van der Waals surface area contributed by atoms with E-state index in [4.69, 9.17) is 9.41 Å². The van der Waals surface area contributed by atoms with E-state index in [1.54, 1.807) is 11.8 Å². The van der Waals surface area contributed by atoms with Crippen LogP contribution in [-0.2, 0) is 0 Å². The molecule has 3 heterocycles. The largest absolute Gasteiger partial charge is 0.455 e. The van der Waals surface area contributed by atoms with Crippen molar-refractivity contribution in [2.45, 2.75) is 17.7 Å². The van der Waals surface area contributed by atoms with Gasteiger partial charge in [-0.15, -0.1) is 0 Å². The zero-order valence-electron chi connectivity index (χ0n) is 13.2. The first-order valence-electron chi connectivity index (χ1n) is 8.03. The Balaban J connectivity index is 1.45. The van der Waals surface area contributed by atoms with Crippen LogP contribution in [0.2, 0.25) is 0 Å². The molecule has 1 aliphatic carbocycles. The van der Waals surface area contributed by atoms with Crippen molar-refractivity contribution in [2.75, 3.05) is 20.1 Å². The maximum absolute atomic E-state index is 5.96. The Bertz CT molecular complexity index is 738. The van der Waals surface area contributed by atoms with Crippen molar-refractivity contribution in [3.8, 4) is 0 Å². The van der Waals surface area contributed by atoms with E-state index in [2.05, 4.69) is 54.5 Å². The molecule has 1 aromatic rings. The summed E-state index contributed by atoms with van der Waals surface area (Å²) in [4.78, 5) is 7.08. The molecule has 118 valence electrons. The van der Waals surface area contributed by atoms with E-state index in [9.17, 15) is 0 Å². The second-order valence-electron chi connectivity index (χ2n) is 6.10. The van der Waals surface area contributed by atoms with Gasteiger partial charge in [0.25, 0.3) is 0 Å². The van der Waals surface area contributed by atoms with Gasteiger partial charge in [0.2, 0.25) is 0 Å². The summed E-state index contributed by atoms with van der Waals surface area (Å²) in [6.45, 7) is 2.15. The van der Waals surface area contributed by atoms with Gasteiger partial charge in [0.1, 0.15) is 10.8 Å². The summed E-state index contributed by atoms with van der Waals surface area (Å²) in [5.74, 6) is 1.77. The van der Waals surface area contributed by atoms with Gasteiger partial charge in [-0.25, -0.2) is 0 Å². The third kappa shape index (κ3) is 3.28. The van der Waals surface area contributed by atoms with Crippen LogP contribution in [0.15, 0.2) is 63.6 Å². The number of furan rings is 1. The first-order chi connectivity index (χ1) is 11.3. The molecular weight excluding hydrogens is 304 g/mol. The highest BCUT2D eigenvalue weighted by Gasteiger charge is 2.29. The highest BCUT2D eigenvalue weighted by Crippen LogP contribution is 2.34. The zero-order chi connectivity index (χ0) is 15.6. The van der Waals surface area contributed by atoms with Gasteiger partial charge in [-0.2, -0.15) is 0 Å². The van der Waals surface area contributed by atoms with Gasteiger partial charge in [0.05, 0.1) is 11.3 Å². The lowest BCUT2D eigenvalue weighted by molar-refractivity contribution is 0.361. The molecule has 3 nitrogen and oxygen atoms in total. The Kier molecular flexibility index (Phi) is 4.10. The van der Waals surface area contributed by atoms with E-state index >= 15 is 0 Å². The maximum Gasteiger partial charge on any atom is 0.159 e. The normalized spacial score (nSPS) is 27.3. The Morgan fingerprint density at radius 2 is 2.17 bits per heavy atom. The summed E-state index contributed by atoms with van der Waals surface area (Å²) in [5.41, 5.74) is 1.38. The van der Waals surface area contributed by atoms with Gasteiger partial charge in [0, 0.05) is 13.1 Å². The number of likely N-dealkylation sites (N-methyl/N-ethyl adjacent to an activating group) is 1. The van der Waals surface area contributed by atoms with Gasteiger partial charge >= 0.3 is 0 Å². The number of hydrogen-bond acceptors (Lipinski definition) is 4. The lowest BCUT2D eigenvalue weighted by Crippen LogP contribution is -2.23. The lowest BCUT2D eigenvalue weighted by Gasteiger charge is -2.20. The van der Waals surface area contributed by atoms with E-state index in [0.717, 1.165) is 36.1 Å². The number of fused-ring (bicyclic) bond motifs is 1. The molecule has 2 atom stereocenters. The van der Waals surface area contributed by atoms with Gasteiger partial charge in [0.15, 0.2) is 5.76 Å². The zero-order valence-corrected chi connectivity index (χ0v) is 14.0. The van der Waals surface area contributed by atoms with E-state index in [0.29, 0.717) is 5.25 Å². The number of rotatable bonds is 3. The molecule has 0 spiro atoms. The summed E-state index contributed by atoms with van der Waals surface area (Å²) in [6.07, 6.45) is 16.1.